The summed E-state index contributed by atoms with van der Waals surface area (Å²) in [6.07, 6.45) is 2.36. The monoisotopic (exact) mass is 342 g/mol. The number of carbonyl (C=O) groups is 1. The van der Waals surface area contributed by atoms with E-state index in [-0.39, 0.29) is 5.91 Å². The second-order valence-corrected chi connectivity index (χ2v) is 6.48. The minimum Gasteiger partial charge on any atom is -0.466 e. The molecule has 1 fully saturated rings. The number of hydrogen-bond acceptors (Lipinski definition) is 5. The third-order valence-electron chi connectivity index (χ3n) is 4.62. The number of aryl methyl sites for hydroxylation is 2. The van der Waals surface area contributed by atoms with Crippen LogP contribution in [0.15, 0.2) is 34.9 Å². The molecule has 1 aliphatic rings. The second-order valence-electron chi connectivity index (χ2n) is 6.48. The number of nitrogens with zero attached hydrogens (tertiary/aromatic N) is 3. The normalized spacial score (nSPS) is 15.4. The Bertz CT molecular complexity index is 691. The maximum absolute atomic E-state index is 12.1. The number of carbonyl (C=O) groups excluding carboxylic acids is 1. The van der Waals surface area contributed by atoms with Crippen LogP contribution in [0.2, 0.25) is 0 Å². The van der Waals surface area contributed by atoms with Crippen molar-refractivity contribution in [2.45, 2.75) is 26.8 Å². The largest absolute Gasteiger partial charge is 0.466 e. The maximum atomic E-state index is 12.1. The Balaban J connectivity index is 1.36. The topological polar surface area (TPSA) is 61.6 Å². The van der Waals surface area contributed by atoms with Crippen LogP contribution in [0.25, 0.3) is 0 Å². The van der Waals surface area contributed by atoms with E-state index >= 15 is 0 Å². The van der Waals surface area contributed by atoms with E-state index < -0.39 is 0 Å². The Kier molecular flexibility index (Phi) is 5.71. The van der Waals surface area contributed by atoms with Gasteiger partial charge in [-0.25, -0.2) is 4.98 Å². The molecule has 1 N–H and O–H groups in total. The second kappa shape index (κ2) is 8.16. The first-order valence-corrected chi connectivity index (χ1v) is 8.83. The Labute approximate surface area is 148 Å². The third-order valence-corrected chi connectivity index (χ3v) is 4.62. The van der Waals surface area contributed by atoms with Gasteiger partial charge in [-0.1, -0.05) is 6.07 Å². The highest BCUT2D eigenvalue weighted by molar-refractivity contribution is 5.76. The van der Waals surface area contributed by atoms with Gasteiger partial charge in [-0.2, -0.15) is 0 Å². The molecule has 0 spiro atoms. The van der Waals surface area contributed by atoms with E-state index in [0.29, 0.717) is 13.0 Å². The van der Waals surface area contributed by atoms with Crippen molar-refractivity contribution in [1.82, 2.24) is 15.2 Å². The van der Waals surface area contributed by atoms with E-state index in [9.17, 15) is 4.79 Å². The first-order valence-electron chi connectivity index (χ1n) is 8.83. The molecule has 6 nitrogen and oxygen atoms in total. The van der Waals surface area contributed by atoms with Crippen molar-refractivity contribution in [2.75, 3.05) is 37.6 Å². The molecule has 25 heavy (non-hydrogen) atoms. The molecule has 0 atom stereocenters. The summed E-state index contributed by atoms with van der Waals surface area (Å²) in [6.45, 7) is 9.01. The van der Waals surface area contributed by atoms with E-state index in [1.807, 2.05) is 44.3 Å². The van der Waals surface area contributed by atoms with Gasteiger partial charge in [-0.3, -0.25) is 9.69 Å². The number of furan rings is 1. The lowest BCUT2D eigenvalue weighted by Gasteiger charge is -2.35. The Hall–Kier alpha value is -2.34. The first kappa shape index (κ1) is 17.5. The van der Waals surface area contributed by atoms with Crippen LogP contribution in [0.4, 0.5) is 5.82 Å². The van der Waals surface area contributed by atoms with Crippen molar-refractivity contribution in [3.8, 4) is 0 Å². The molecular formula is C19H26N4O2. The number of pyridine rings is 1. The van der Waals surface area contributed by atoms with E-state index in [1.54, 1.807) is 0 Å². The summed E-state index contributed by atoms with van der Waals surface area (Å²) in [6, 6.07) is 7.97. The molecule has 2 aromatic heterocycles. The summed E-state index contributed by atoms with van der Waals surface area (Å²) in [7, 11) is 0. The highest BCUT2D eigenvalue weighted by atomic mass is 16.3. The van der Waals surface area contributed by atoms with Gasteiger partial charge in [0.1, 0.15) is 17.3 Å². The molecule has 3 heterocycles. The summed E-state index contributed by atoms with van der Waals surface area (Å²) in [5.41, 5.74) is 1.05. The molecule has 0 aromatic carbocycles. The number of piperazine rings is 1. The van der Waals surface area contributed by atoms with Crippen LogP contribution < -0.4 is 10.2 Å². The number of rotatable bonds is 6. The van der Waals surface area contributed by atoms with Gasteiger partial charge in [0.05, 0.1) is 0 Å². The molecule has 3 rings (SSSR count). The Morgan fingerprint density at radius 1 is 1.24 bits per heavy atom. The van der Waals surface area contributed by atoms with Gasteiger partial charge in [0.2, 0.25) is 5.91 Å². The molecule has 1 amide bonds. The number of anilines is 1. The fourth-order valence-electron chi connectivity index (χ4n) is 3.14. The maximum Gasteiger partial charge on any atom is 0.221 e. The van der Waals surface area contributed by atoms with Crippen LogP contribution >= 0.6 is 0 Å². The zero-order valence-electron chi connectivity index (χ0n) is 15.0. The first-order chi connectivity index (χ1) is 12.1. The molecule has 1 aliphatic heterocycles. The number of aromatic nitrogens is 1. The van der Waals surface area contributed by atoms with Gasteiger partial charge < -0.3 is 14.6 Å². The van der Waals surface area contributed by atoms with E-state index in [1.165, 1.54) is 0 Å². The van der Waals surface area contributed by atoms with Gasteiger partial charge in [0.25, 0.3) is 0 Å². The molecule has 0 aliphatic carbocycles. The molecule has 0 bridgehead atoms. The number of nitrogens with one attached hydrogen (secondary N) is 1. The SMILES string of the molecule is Cc1cc(CNC(=O)CCN2CCN(c3ccccn3)CC2)c(C)o1. The minimum absolute atomic E-state index is 0.0883. The quantitative estimate of drug-likeness (QED) is 0.871. The van der Waals surface area contributed by atoms with Crippen molar-refractivity contribution < 1.29 is 9.21 Å². The van der Waals surface area contributed by atoms with E-state index in [4.69, 9.17) is 4.42 Å². The van der Waals surface area contributed by atoms with Crippen molar-refractivity contribution in [1.29, 1.82) is 0 Å². The molecule has 6 heteroatoms. The van der Waals surface area contributed by atoms with Crippen LogP contribution in [0.3, 0.4) is 0 Å². The van der Waals surface area contributed by atoms with Crippen LogP contribution in [0.1, 0.15) is 23.5 Å². The highest BCUT2D eigenvalue weighted by Crippen LogP contribution is 2.14. The highest BCUT2D eigenvalue weighted by Gasteiger charge is 2.18. The van der Waals surface area contributed by atoms with Crippen LogP contribution in [0.5, 0.6) is 0 Å². The number of hydrogen-bond donors (Lipinski definition) is 1. The molecule has 0 radical (unpaired) electrons. The summed E-state index contributed by atoms with van der Waals surface area (Å²) in [5.74, 6) is 2.88. The summed E-state index contributed by atoms with van der Waals surface area (Å²) >= 11 is 0. The zero-order chi connectivity index (χ0) is 17.6. The number of amides is 1. The molecule has 2 aromatic rings. The molecule has 0 unspecified atom stereocenters. The summed E-state index contributed by atoms with van der Waals surface area (Å²) < 4.78 is 5.48. The lowest BCUT2D eigenvalue weighted by Crippen LogP contribution is -2.47. The van der Waals surface area contributed by atoms with E-state index in [2.05, 4.69) is 20.1 Å². The van der Waals surface area contributed by atoms with Crippen LogP contribution in [-0.2, 0) is 11.3 Å². The Morgan fingerprint density at radius 3 is 2.68 bits per heavy atom. The van der Waals surface area contributed by atoms with E-state index in [0.717, 1.165) is 55.6 Å². The Morgan fingerprint density at radius 2 is 2.04 bits per heavy atom. The van der Waals surface area contributed by atoms with Crippen molar-refractivity contribution in [3.63, 3.8) is 0 Å². The summed E-state index contributed by atoms with van der Waals surface area (Å²) in [5, 5.41) is 2.98. The fraction of sp³-hybridized carbons (Fsp3) is 0.474. The third kappa shape index (κ3) is 4.82. The predicted octanol–water partition coefficient (Wildman–Crippen LogP) is 2.12. The zero-order valence-corrected chi connectivity index (χ0v) is 15.0. The molecule has 1 saturated heterocycles. The molecule has 134 valence electrons. The van der Waals surface area contributed by atoms with Gasteiger partial charge in [0.15, 0.2) is 0 Å². The lowest BCUT2D eigenvalue weighted by molar-refractivity contribution is -0.121. The average Bonchev–Trinajstić information content (AvgIpc) is 2.96. The minimum atomic E-state index is 0.0883. The van der Waals surface area contributed by atoms with Crippen molar-refractivity contribution in [2.24, 2.45) is 0 Å². The van der Waals surface area contributed by atoms with Crippen LogP contribution in [0, 0.1) is 13.8 Å². The lowest BCUT2D eigenvalue weighted by atomic mass is 10.2. The average molecular weight is 342 g/mol. The smallest absolute Gasteiger partial charge is 0.221 e. The van der Waals surface area contributed by atoms with Gasteiger partial charge in [0, 0.05) is 57.4 Å². The standard InChI is InChI=1S/C19H26N4O2/c1-15-13-17(16(2)25-15)14-21-19(24)6-8-22-9-11-23(12-10-22)18-5-3-4-7-20-18/h3-5,7,13H,6,8-12,14H2,1-2H3,(H,21,24). The molecule has 0 saturated carbocycles. The predicted molar refractivity (Wildman–Crippen MR) is 97.5 cm³/mol. The van der Waals surface area contributed by atoms with Gasteiger partial charge in [-0.05, 0) is 32.0 Å². The van der Waals surface area contributed by atoms with Gasteiger partial charge >= 0.3 is 0 Å². The van der Waals surface area contributed by atoms with Crippen molar-refractivity contribution in [3.05, 3.63) is 47.5 Å². The van der Waals surface area contributed by atoms with Gasteiger partial charge in [-0.15, -0.1) is 0 Å². The van der Waals surface area contributed by atoms with Crippen molar-refractivity contribution >= 4 is 11.7 Å². The fourth-order valence-corrected chi connectivity index (χ4v) is 3.14. The van der Waals surface area contributed by atoms with Crippen LogP contribution in [-0.4, -0.2) is 48.5 Å². The molecular weight excluding hydrogens is 316 g/mol. The summed E-state index contributed by atoms with van der Waals surface area (Å²) in [4.78, 5) is 21.1.